The van der Waals surface area contributed by atoms with Crippen LogP contribution >= 0.6 is 0 Å². The standard InChI is InChI=1S/C13H18BN3O2/c1-12(2)13(3,4)19-14(18-12)10-5-6-17-11(8-16)9(10)7-15/h5-6H,8,16H2,1-4H3. The maximum Gasteiger partial charge on any atom is 0.496 e. The SMILES string of the molecule is CC1(C)OB(c2ccnc(CN)c2C#N)OC1(C)C. The van der Waals surface area contributed by atoms with E-state index in [1.807, 2.05) is 27.7 Å². The summed E-state index contributed by atoms with van der Waals surface area (Å²) in [6.07, 6.45) is 1.63. The van der Waals surface area contributed by atoms with Gasteiger partial charge in [0, 0.05) is 18.2 Å². The monoisotopic (exact) mass is 259 g/mol. The predicted molar refractivity (Wildman–Crippen MR) is 72.6 cm³/mol. The van der Waals surface area contributed by atoms with E-state index < -0.39 is 18.3 Å². The highest BCUT2D eigenvalue weighted by Crippen LogP contribution is 2.36. The van der Waals surface area contributed by atoms with Crippen molar-refractivity contribution in [3.05, 3.63) is 23.5 Å². The summed E-state index contributed by atoms with van der Waals surface area (Å²) in [5.74, 6) is 0. The third-order valence-corrected chi connectivity index (χ3v) is 3.87. The summed E-state index contributed by atoms with van der Waals surface area (Å²) in [7, 11) is -0.562. The second-order valence-electron chi connectivity index (χ2n) is 5.63. The average molecular weight is 259 g/mol. The molecule has 0 amide bonds. The predicted octanol–water partition coefficient (Wildman–Crippen LogP) is 0.711. The van der Waals surface area contributed by atoms with Crippen molar-refractivity contribution in [2.45, 2.75) is 45.4 Å². The van der Waals surface area contributed by atoms with Crippen molar-refractivity contribution in [3.8, 4) is 6.07 Å². The van der Waals surface area contributed by atoms with E-state index in [0.717, 1.165) is 0 Å². The van der Waals surface area contributed by atoms with Crippen LogP contribution in [0.3, 0.4) is 0 Å². The van der Waals surface area contributed by atoms with Gasteiger partial charge in [-0.25, -0.2) is 0 Å². The van der Waals surface area contributed by atoms with Crippen molar-refractivity contribution in [2.75, 3.05) is 0 Å². The first-order chi connectivity index (χ1) is 8.82. The Morgan fingerprint density at radius 2 is 1.89 bits per heavy atom. The molecule has 0 saturated carbocycles. The Hall–Kier alpha value is -1.42. The number of pyridine rings is 1. The average Bonchev–Trinajstić information content (AvgIpc) is 2.57. The van der Waals surface area contributed by atoms with Gasteiger partial charge in [0.05, 0.1) is 22.5 Å². The number of nitrogens with zero attached hydrogens (tertiary/aromatic N) is 2. The number of hydrogen-bond donors (Lipinski definition) is 1. The maximum atomic E-state index is 9.29. The molecule has 1 aromatic rings. The van der Waals surface area contributed by atoms with Crippen LogP contribution in [0.2, 0.25) is 0 Å². The van der Waals surface area contributed by atoms with Gasteiger partial charge in [0.2, 0.25) is 0 Å². The molecule has 1 aromatic heterocycles. The molecule has 0 atom stereocenters. The zero-order valence-corrected chi connectivity index (χ0v) is 11.7. The van der Waals surface area contributed by atoms with Gasteiger partial charge < -0.3 is 15.0 Å². The van der Waals surface area contributed by atoms with Gasteiger partial charge in [-0.2, -0.15) is 5.26 Å². The third kappa shape index (κ3) is 2.25. The molecule has 0 spiro atoms. The van der Waals surface area contributed by atoms with E-state index in [-0.39, 0.29) is 6.54 Å². The van der Waals surface area contributed by atoms with E-state index in [1.54, 1.807) is 12.3 Å². The number of nitriles is 1. The molecule has 19 heavy (non-hydrogen) atoms. The Bertz CT molecular complexity index is 521. The Balaban J connectivity index is 2.43. The van der Waals surface area contributed by atoms with Crippen molar-refractivity contribution in [3.63, 3.8) is 0 Å². The van der Waals surface area contributed by atoms with E-state index >= 15 is 0 Å². The van der Waals surface area contributed by atoms with Gasteiger partial charge >= 0.3 is 7.12 Å². The third-order valence-electron chi connectivity index (χ3n) is 3.87. The van der Waals surface area contributed by atoms with E-state index in [4.69, 9.17) is 15.0 Å². The fourth-order valence-electron chi connectivity index (χ4n) is 1.97. The van der Waals surface area contributed by atoms with Crippen LogP contribution in [0.4, 0.5) is 0 Å². The van der Waals surface area contributed by atoms with Crippen LogP contribution in [0.15, 0.2) is 12.3 Å². The zero-order valence-electron chi connectivity index (χ0n) is 11.7. The second kappa shape index (κ2) is 4.60. The number of nitrogens with two attached hydrogens (primary N) is 1. The van der Waals surface area contributed by atoms with Crippen molar-refractivity contribution in [1.82, 2.24) is 4.98 Å². The molecule has 2 N–H and O–H groups in total. The van der Waals surface area contributed by atoms with Crippen molar-refractivity contribution in [2.24, 2.45) is 5.73 Å². The van der Waals surface area contributed by atoms with E-state index in [1.165, 1.54) is 0 Å². The summed E-state index contributed by atoms with van der Waals surface area (Å²) in [6.45, 7) is 8.12. The lowest BCUT2D eigenvalue weighted by molar-refractivity contribution is 0.00578. The molecule has 0 unspecified atom stereocenters. The lowest BCUT2D eigenvalue weighted by atomic mass is 9.76. The summed E-state index contributed by atoms with van der Waals surface area (Å²) in [5, 5.41) is 9.29. The number of aromatic nitrogens is 1. The van der Waals surface area contributed by atoms with Gasteiger partial charge in [0.1, 0.15) is 6.07 Å². The normalized spacial score (nSPS) is 20.3. The van der Waals surface area contributed by atoms with Crippen LogP contribution < -0.4 is 11.2 Å². The van der Waals surface area contributed by atoms with Crippen LogP contribution in [0, 0.1) is 11.3 Å². The molecule has 2 heterocycles. The minimum absolute atomic E-state index is 0.218. The molecule has 0 bridgehead atoms. The fraction of sp³-hybridized carbons (Fsp3) is 0.538. The zero-order chi connectivity index (χ0) is 14.3. The van der Waals surface area contributed by atoms with Gasteiger partial charge in [0.15, 0.2) is 0 Å². The molecule has 1 aliphatic rings. The first-order valence-corrected chi connectivity index (χ1v) is 6.26. The minimum atomic E-state index is -0.562. The second-order valence-corrected chi connectivity index (χ2v) is 5.63. The smallest absolute Gasteiger partial charge is 0.399 e. The lowest BCUT2D eigenvalue weighted by Crippen LogP contribution is -2.41. The van der Waals surface area contributed by atoms with E-state index in [2.05, 4.69) is 11.1 Å². The van der Waals surface area contributed by atoms with Gasteiger partial charge in [-0.15, -0.1) is 0 Å². The van der Waals surface area contributed by atoms with Crippen LogP contribution in [0.25, 0.3) is 0 Å². The highest BCUT2D eigenvalue weighted by Gasteiger charge is 2.52. The van der Waals surface area contributed by atoms with Gasteiger partial charge in [-0.1, -0.05) is 0 Å². The van der Waals surface area contributed by atoms with Crippen molar-refractivity contribution in [1.29, 1.82) is 5.26 Å². The number of hydrogen-bond acceptors (Lipinski definition) is 5. The Morgan fingerprint density at radius 3 is 2.37 bits per heavy atom. The first-order valence-electron chi connectivity index (χ1n) is 6.26. The van der Waals surface area contributed by atoms with Gasteiger partial charge in [0.25, 0.3) is 0 Å². The highest BCUT2D eigenvalue weighted by molar-refractivity contribution is 6.62. The van der Waals surface area contributed by atoms with Gasteiger partial charge in [-0.3, -0.25) is 4.98 Å². The molecule has 0 radical (unpaired) electrons. The molecule has 0 aromatic carbocycles. The Morgan fingerprint density at radius 1 is 1.32 bits per heavy atom. The Kier molecular flexibility index (Phi) is 3.39. The summed E-state index contributed by atoms with van der Waals surface area (Å²) in [4.78, 5) is 4.11. The molecule has 0 aliphatic carbocycles. The molecule has 1 aliphatic heterocycles. The van der Waals surface area contributed by atoms with E-state index in [9.17, 15) is 5.26 Å². The molecule has 5 nitrogen and oxygen atoms in total. The molecule has 2 rings (SSSR count). The van der Waals surface area contributed by atoms with Crippen LogP contribution in [0.5, 0.6) is 0 Å². The first kappa shape index (κ1) is 14.0. The molecular weight excluding hydrogens is 241 g/mol. The molecular formula is C13H18BN3O2. The molecule has 1 fully saturated rings. The molecule has 1 saturated heterocycles. The van der Waals surface area contributed by atoms with Crippen LogP contribution in [-0.4, -0.2) is 23.3 Å². The van der Waals surface area contributed by atoms with Crippen LogP contribution in [-0.2, 0) is 15.9 Å². The minimum Gasteiger partial charge on any atom is -0.399 e. The molecule has 6 heteroatoms. The highest BCUT2D eigenvalue weighted by atomic mass is 16.7. The summed E-state index contributed by atoms with van der Waals surface area (Å²) in [5.41, 5.74) is 6.44. The lowest BCUT2D eigenvalue weighted by Gasteiger charge is -2.32. The van der Waals surface area contributed by atoms with Crippen molar-refractivity contribution >= 4 is 12.6 Å². The van der Waals surface area contributed by atoms with Crippen LogP contribution in [0.1, 0.15) is 39.0 Å². The fourth-order valence-corrected chi connectivity index (χ4v) is 1.97. The number of rotatable bonds is 2. The molecule has 100 valence electrons. The van der Waals surface area contributed by atoms with Crippen molar-refractivity contribution < 1.29 is 9.31 Å². The summed E-state index contributed by atoms with van der Waals surface area (Å²) >= 11 is 0. The Labute approximate surface area is 113 Å². The summed E-state index contributed by atoms with van der Waals surface area (Å²) in [6, 6.07) is 3.89. The van der Waals surface area contributed by atoms with Gasteiger partial charge in [-0.05, 0) is 33.8 Å². The summed E-state index contributed by atoms with van der Waals surface area (Å²) < 4.78 is 11.9. The maximum absolute atomic E-state index is 9.29. The quantitative estimate of drug-likeness (QED) is 0.791. The topological polar surface area (TPSA) is 81.2 Å². The largest absolute Gasteiger partial charge is 0.496 e. The van der Waals surface area contributed by atoms with E-state index in [0.29, 0.717) is 16.7 Å².